The number of sulfonamides is 1. The summed E-state index contributed by atoms with van der Waals surface area (Å²) in [7, 11) is -3.98. The second-order valence-electron chi connectivity index (χ2n) is 6.09. The van der Waals surface area contributed by atoms with E-state index in [4.69, 9.17) is 0 Å². The number of rotatable bonds is 7. The zero-order valence-corrected chi connectivity index (χ0v) is 15.5. The first-order valence-corrected chi connectivity index (χ1v) is 9.39. The average molecular weight is 379 g/mol. The van der Waals surface area contributed by atoms with Crippen molar-refractivity contribution in [3.63, 3.8) is 0 Å². The van der Waals surface area contributed by atoms with Gasteiger partial charge in [0.15, 0.2) is 0 Å². The number of anilines is 2. The van der Waals surface area contributed by atoms with Crippen LogP contribution in [0.1, 0.15) is 18.1 Å². The maximum absolute atomic E-state index is 12.6. The van der Waals surface area contributed by atoms with E-state index in [1.54, 1.807) is 19.1 Å². The summed E-state index contributed by atoms with van der Waals surface area (Å²) < 4.78 is 27.6. The van der Waals surface area contributed by atoms with Crippen molar-refractivity contribution in [1.29, 1.82) is 0 Å². The highest BCUT2D eigenvalue weighted by molar-refractivity contribution is 7.92. The van der Waals surface area contributed by atoms with E-state index in [9.17, 15) is 23.6 Å². The number of nitro groups is 1. The van der Waals surface area contributed by atoms with Gasteiger partial charge in [-0.25, -0.2) is 8.42 Å². The van der Waals surface area contributed by atoms with E-state index in [1.165, 1.54) is 19.1 Å². The van der Waals surface area contributed by atoms with Gasteiger partial charge in [0.25, 0.3) is 15.7 Å². The molecule has 0 amide bonds. The van der Waals surface area contributed by atoms with Gasteiger partial charge in [-0.1, -0.05) is 17.7 Å². The van der Waals surface area contributed by atoms with Gasteiger partial charge in [-0.3, -0.25) is 14.8 Å². The Kier molecular flexibility index (Phi) is 5.83. The molecular weight excluding hydrogens is 358 g/mol. The van der Waals surface area contributed by atoms with Crippen LogP contribution in [-0.4, -0.2) is 31.1 Å². The first-order valence-electron chi connectivity index (χ1n) is 7.90. The number of nitrogens with zero attached hydrogens (tertiary/aromatic N) is 1. The van der Waals surface area contributed by atoms with E-state index in [0.29, 0.717) is 5.69 Å². The summed E-state index contributed by atoms with van der Waals surface area (Å²) in [5, 5.41) is 23.3. The van der Waals surface area contributed by atoms with Crippen LogP contribution in [0.4, 0.5) is 17.1 Å². The van der Waals surface area contributed by atoms with Crippen LogP contribution in [0.15, 0.2) is 41.3 Å². The molecule has 0 saturated carbocycles. The molecule has 0 saturated heterocycles. The molecule has 2 aromatic carbocycles. The van der Waals surface area contributed by atoms with Gasteiger partial charge in [-0.05, 0) is 44.5 Å². The third-order valence-electron chi connectivity index (χ3n) is 3.69. The van der Waals surface area contributed by atoms with E-state index < -0.39 is 21.1 Å². The molecular formula is C17H21N3O5S. The van der Waals surface area contributed by atoms with Gasteiger partial charge in [-0.2, -0.15) is 0 Å². The van der Waals surface area contributed by atoms with Crippen LogP contribution in [0.2, 0.25) is 0 Å². The molecule has 26 heavy (non-hydrogen) atoms. The Morgan fingerprint density at radius 3 is 2.38 bits per heavy atom. The molecule has 2 aromatic rings. The van der Waals surface area contributed by atoms with E-state index >= 15 is 0 Å². The van der Waals surface area contributed by atoms with Crippen molar-refractivity contribution < 1.29 is 18.4 Å². The Hall–Kier alpha value is -2.65. The van der Waals surface area contributed by atoms with Crippen molar-refractivity contribution in [2.75, 3.05) is 16.6 Å². The van der Waals surface area contributed by atoms with Gasteiger partial charge in [-0.15, -0.1) is 0 Å². The topological polar surface area (TPSA) is 122 Å². The summed E-state index contributed by atoms with van der Waals surface area (Å²) >= 11 is 0. The number of aliphatic hydroxyl groups excluding tert-OH is 1. The van der Waals surface area contributed by atoms with Crippen molar-refractivity contribution >= 4 is 27.1 Å². The van der Waals surface area contributed by atoms with Crippen LogP contribution in [0.25, 0.3) is 0 Å². The fourth-order valence-corrected chi connectivity index (χ4v) is 3.52. The molecule has 140 valence electrons. The van der Waals surface area contributed by atoms with Gasteiger partial charge < -0.3 is 10.4 Å². The fraction of sp³-hybridized carbons (Fsp3) is 0.294. The van der Waals surface area contributed by atoms with E-state index in [1.807, 2.05) is 13.0 Å². The van der Waals surface area contributed by atoms with Crippen molar-refractivity contribution in [2.24, 2.45) is 0 Å². The van der Waals surface area contributed by atoms with Gasteiger partial charge in [0.2, 0.25) is 0 Å². The lowest BCUT2D eigenvalue weighted by Crippen LogP contribution is -2.17. The predicted octanol–water partition coefficient (Wildman–Crippen LogP) is 2.81. The lowest BCUT2D eigenvalue weighted by atomic mass is 10.1. The van der Waals surface area contributed by atoms with Crippen molar-refractivity contribution in [3.8, 4) is 0 Å². The van der Waals surface area contributed by atoms with Crippen LogP contribution in [0.5, 0.6) is 0 Å². The number of nitrogens with one attached hydrogen (secondary N) is 2. The molecule has 0 aliphatic carbocycles. The highest BCUT2D eigenvalue weighted by Gasteiger charge is 2.22. The minimum absolute atomic E-state index is 0.105. The van der Waals surface area contributed by atoms with Gasteiger partial charge in [0.05, 0.1) is 21.6 Å². The summed E-state index contributed by atoms with van der Waals surface area (Å²) in [6, 6.07) is 8.85. The summed E-state index contributed by atoms with van der Waals surface area (Å²) in [4.78, 5) is 10.4. The molecule has 1 unspecified atom stereocenters. The molecule has 0 aliphatic heterocycles. The molecule has 0 fully saturated rings. The molecule has 0 heterocycles. The number of nitro benzene ring substituents is 1. The Morgan fingerprint density at radius 1 is 1.15 bits per heavy atom. The number of aryl methyl sites for hydroxylation is 2. The first-order chi connectivity index (χ1) is 12.1. The van der Waals surface area contributed by atoms with E-state index in [-0.39, 0.29) is 22.8 Å². The maximum atomic E-state index is 12.6. The van der Waals surface area contributed by atoms with Gasteiger partial charge in [0.1, 0.15) is 5.69 Å². The zero-order valence-electron chi connectivity index (χ0n) is 14.7. The fourth-order valence-electron chi connectivity index (χ4n) is 2.37. The average Bonchev–Trinajstić information content (AvgIpc) is 2.55. The van der Waals surface area contributed by atoms with Crippen LogP contribution >= 0.6 is 0 Å². The van der Waals surface area contributed by atoms with Crippen LogP contribution in [0, 0.1) is 24.0 Å². The number of hydrogen-bond acceptors (Lipinski definition) is 6. The molecule has 0 bridgehead atoms. The number of hydrogen-bond donors (Lipinski definition) is 3. The van der Waals surface area contributed by atoms with Gasteiger partial charge in [0, 0.05) is 12.6 Å². The van der Waals surface area contributed by atoms with E-state index in [0.717, 1.165) is 17.2 Å². The monoisotopic (exact) mass is 379 g/mol. The minimum atomic E-state index is -3.98. The largest absolute Gasteiger partial charge is 0.392 e. The predicted molar refractivity (Wildman–Crippen MR) is 100.0 cm³/mol. The molecule has 0 aromatic heterocycles. The summed E-state index contributed by atoms with van der Waals surface area (Å²) in [6.07, 6.45) is -0.704. The van der Waals surface area contributed by atoms with Crippen molar-refractivity contribution in [3.05, 3.63) is 57.6 Å². The minimum Gasteiger partial charge on any atom is -0.392 e. The second kappa shape index (κ2) is 7.71. The zero-order chi connectivity index (χ0) is 19.5. The third-order valence-corrected chi connectivity index (χ3v) is 5.05. The van der Waals surface area contributed by atoms with E-state index in [2.05, 4.69) is 10.0 Å². The van der Waals surface area contributed by atoms with Crippen molar-refractivity contribution in [2.45, 2.75) is 31.8 Å². The van der Waals surface area contributed by atoms with Crippen molar-refractivity contribution in [1.82, 2.24) is 0 Å². The third kappa shape index (κ3) is 4.70. The number of aliphatic hydroxyl groups is 1. The molecule has 0 spiro atoms. The summed E-state index contributed by atoms with van der Waals surface area (Å²) in [5.74, 6) is 0. The highest BCUT2D eigenvalue weighted by Crippen LogP contribution is 2.29. The first kappa shape index (κ1) is 19.7. The normalized spacial score (nSPS) is 12.5. The lowest BCUT2D eigenvalue weighted by molar-refractivity contribution is -0.384. The molecule has 1 atom stereocenters. The highest BCUT2D eigenvalue weighted by atomic mass is 32.2. The second-order valence-corrected chi connectivity index (χ2v) is 7.77. The van der Waals surface area contributed by atoms with Crippen LogP contribution in [0.3, 0.4) is 0 Å². The summed E-state index contributed by atoms with van der Waals surface area (Å²) in [5.41, 5.74) is 1.91. The SMILES string of the molecule is Cc1ccc(NS(=O)(=O)c2ccc(NCC(C)O)c([N+](=O)[O-])c2)c(C)c1. The quantitative estimate of drug-likeness (QED) is 0.502. The number of benzene rings is 2. The standard InChI is InChI=1S/C17H21N3O5S/c1-11-4-6-15(12(2)8-11)19-26(24,25)14-5-7-16(18-10-13(3)21)17(9-14)20(22)23/h4-9,13,18-19,21H,10H2,1-3H3. The Morgan fingerprint density at radius 2 is 1.81 bits per heavy atom. The molecule has 0 aliphatic rings. The maximum Gasteiger partial charge on any atom is 0.293 e. The Balaban J connectivity index is 2.36. The van der Waals surface area contributed by atoms with Crippen LogP contribution < -0.4 is 10.0 Å². The van der Waals surface area contributed by atoms with Crippen LogP contribution in [-0.2, 0) is 10.0 Å². The smallest absolute Gasteiger partial charge is 0.293 e. The molecule has 3 N–H and O–H groups in total. The Bertz CT molecular complexity index is 926. The lowest BCUT2D eigenvalue weighted by Gasteiger charge is -2.13. The summed E-state index contributed by atoms with van der Waals surface area (Å²) in [6.45, 7) is 5.31. The Labute approximate surface area is 152 Å². The molecule has 2 rings (SSSR count). The molecule has 8 nitrogen and oxygen atoms in total. The molecule has 9 heteroatoms. The van der Waals surface area contributed by atoms with Gasteiger partial charge >= 0.3 is 0 Å². The molecule has 0 radical (unpaired) electrons.